The first-order valence-corrected chi connectivity index (χ1v) is 24.0. The van der Waals surface area contributed by atoms with E-state index in [-0.39, 0.29) is 93.9 Å². The first-order chi connectivity index (χ1) is 34.0. The van der Waals surface area contributed by atoms with Gasteiger partial charge in [0.1, 0.15) is 51.9 Å². The van der Waals surface area contributed by atoms with Gasteiger partial charge in [-0.1, -0.05) is 24.3 Å². The highest BCUT2D eigenvalue weighted by Crippen LogP contribution is 2.69. The van der Waals surface area contributed by atoms with Crippen LogP contribution in [0.5, 0.6) is 23.4 Å². The van der Waals surface area contributed by atoms with Crippen LogP contribution in [0.2, 0.25) is 0 Å². The molecule has 1 saturated carbocycles. The predicted octanol–water partition coefficient (Wildman–Crippen LogP) is 11.0. The van der Waals surface area contributed by atoms with Crippen molar-refractivity contribution in [1.82, 2.24) is 24.8 Å². The molecule has 9 rings (SSSR count). The molecule has 0 radical (unpaired) electrons. The van der Waals surface area contributed by atoms with Crippen molar-refractivity contribution in [2.24, 2.45) is 5.41 Å². The molecule has 1 N–H and O–H groups in total. The fraction of sp³-hybridized carbons (Fsp3) is 0.500. The van der Waals surface area contributed by atoms with Gasteiger partial charge in [-0.05, 0) is 107 Å². The van der Waals surface area contributed by atoms with E-state index in [9.17, 15) is 13.6 Å². The normalized spacial score (nSPS) is 21.9. The summed E-state index contributed by atoms with van der Waals surface area (Å²) in [5.74, 6) is -4.62. The molecule has 20 heteroatoms. The van der Waals surface area contributed by atoms with E-state index in [0.717, 1.165) is 19.4 Å². The molecular formula is C52H58F7N7O6. The van der Waals surface area contributed by atoms with Crippen LogP contribution < -0.4 is 29.2 Å². The van der Waals surface area contributed by atoms with Crippen LogP contribution in [0.15, 0.2) is 54.6 Å². The number of fused-ring (bicyclic) bond motifs is 1. The Morgan fingerprint density at radius 1 is 0.903 bits per heavy atom. The second-order valence-corrected chi connectivity index (χ2v) is 20.5. The van der Waals surface area contributed by atoms with Gasteiger partial charge in [-0.25, -0.2) is 27.3 Å². The summed E-state index contributed by atoms with van der Waals surface area (Å²) >= 11 is 0. The summed E-state index contributed by atoms with van der Waals surface area (Å²) in [6.07, 6.45) is -5.20. The maximum Gasteiger partial charge on any atom is 0.417 e. The molecule has 3 aromatic carbocycles. The highest BCUT2D eigenvalue weighted by atomic mass is 19.4. The fourth-order valence-corrected chi connectivity index (χ4v) is 10.4. The number of rotatable bonds is 11. The largest absolute Gasteiger partial charge is 0.497 e. The third-order valence-electron chi connectivity index (χ3n) is 14.2. The van der Waals surface area contributed by atoms with Crippen molar-refractivity contribution < 1.29 is 59.2 Å². The van der Waals surface area contributed by atoms with Gasteiger partial charge in [-0.2, -0.15) is 23.1 Å². The zero-order chi connectivity index (χ0) is 51.5. The summed E-state index contributed by atoms with van der Waals surface area (Å²) in [5.41, 5.74) is -6.17. The van der Waals surface area contributed by atoms with E-state index in [1.807, 2.05) is 4.90 Å². The van der Waals surface area contributed by atoms with Gasteiger partial charge >= 0.3 is 18.3 Å². The summed E-state index contributed by atoms with van der Waals surface area (Å²) in [7, 11) is 3.01. The molecule has 3 atom stereocenters. The quantitative estimate of drug-likeness (QED) is 0.127. The minimum atomic E-state index is -5.23. The maximum absolute atomic E-state index is 17.9. The Labute approximate surface area is 412 Å². The van der Waals surface area contributed by atoms with Crippen LogP contribution in [0.3, 0.4) is 0 Å². The summed E-state index contributed by atoms with van der Waals surface area (Å²) in [4.78, 5) is 32.1. The second kappa shape index (κ2) is 18.9. The van der Waals surface area contributed by atoms with Crippen molar-refractivity contribution in [3.05, 3.63) is 88.5 Å². The van der Waals surface area contributed by atoms with Crippen LogP contribution in [0.1, 0.15) is 82.1 Å². The van der Waals surface area contributed by atoms with Crippen LogP contribution in [0.4, 0.5) is 47.0 Å². The van der Waals surface area contributed by atoms with Crippen LogP contribution >= 0.6 is 0 Å². The average molecular weight is 1010 g/mol. The third kappa shape index (κ3) is 9.94. The van der Waals surface area contributed by atoms with Crippen LogP contribution in [0, 0.1) is 24.0 Å². The van der Waals surface area contributed by atoms with E-state index in [1.165, 1.54) is 19.1 Å². The number of alkyl halides is 5. The molecule has 0 bridgehead atoms. The summed E-state index contributed by atoms with van der Waals surface area (Å²) in [6, 6.07) is 14.4. The van der Waals surface area contributed by atoms with Crippen molar-refractivity contribution in [1.29, 1.82) is 0 Å². The molecule has 13 nitrogen and oxygen atoms in total. The molecule has 2 saturated heterocycles. The molecule has 4 aliphatic rings. The molecule has 1 amide bonds. The van der Waals surface area contributed by atoms with Crippen molar-refractivity contribution in [3.8, 4) is 34.6 Å². The van der Waals surface area contributed by atoms with Crippen molar-refractivity contribution in [2.75, 3.05) is 63.8 Å². The number of halogens is 7. The van der Waals surface area contributed by atoms with E-state index in [0.29, 0.717) is 35.6 Å². The van der Waals surface area contributed by atoms with E-state index >= 15 is 22.0 Å². The van der Waals surface area contributed by atoms with Crippen LogP contribution in [-0.2, 0) is 24.0 Å². The summed E-state index contributed by atoms with van der Waals surface area (Å²) in [6.45, 7) is 8.73. The highest BCUT2D eigenvalue weighted by molar-refractivity contribution is 5.97. The monoisotopic (exact) mass is 1010 g/mol. The molecule has 2 aromatic heterocycles. The standard InChI is InChI=1S/C52H58F7N7O6/c1-30-17-21-64(47(67)72-48(3,4)5)22-19-60-44-38-43(62-46(63-44)70-29-50-18-8-20-66(50)28-49(26-50)27-51(49,55)56)41(54)42(61-45(38)71-30)36-23-37(40(53)31(2)39(36)52(57,58)59)65(24-32-9-13-34(68-6)14-10-32)25-33-11-15-35(69-7)16-12-33/h9-16,23,30H,8,17-22,24-29H2,1-7H3,(H,60,62,63)/t30-,49?,50-/m0/s1. The number of ether oxygens (including phenoxy) is 5. The van der Waals surface area contributed by atoms with Crippen LogP contribution in [0.25, 0.3) is 22.2 Å². The molecule has 1 aliphatic carbocycles. The number of nitrogens with one attached hydrogen (secondary N) is 1. The topological polar surface area (TPSA) is 124 Å². The van der Waals surface area contributed by atoms with E-state index in [2.05, 4.69) is 20.3 Å². The number of benzene rings is 3. The van der Waals surface area contributed by atoms with Crippen LogP contribution in [-0.4, -0.2) is 108 Å². The number of nitrogens with zero attached hydrogens (tertiary/aromatic N) is 6. The van der Waals surface area contributed by atoms with Gasteiger partial charge in [-0.3, -0.25) is 4.90 Å². The number of amides is 1. The SMILES string of the molecule is COc1ccc(CN(Cc2ccc(OC)cc2)c2cc(-c3nc4c5c(nc(OC[C@@]67CCCN6CC6(CC6(F)F)C7)nc5c3F)NCCN(C(=O)OC(C)(C)C)CC[C@H](C)O4)c(C(F)(F)F)c(C)c2F)cc1. The lowest BCUT2D eigenvalue weighted by atomic mass is 9.89. The molecule has 1 unspecified atom stereocenters. The van der Waals surface area contributed by atoms with E-state index in [1.54, 1.807) is 81.1 Å². The maximum atomic E-state index is 17.9. The second-order valence-electron chi connectivity index (χ2n) is 20.5. The smallest absolute Gasteiger partial charge is 0.417 e. The van der Waals surface area contributed by atoms with Gasteiger partial charge < -0.3 is 38.8 Å². The first kappa shape index (κ1) is 50.6. The van der Waals surface area contributed by atoms with E-state index in [4.69, 9.17) is 23.7 Å². The molecular weight excluding hydrogens is 952 g/mol. The molecule has 3 aliphatic heterocycles. The fourth-order valence-electron chi connectivity index (χ4n) is 10.4. The van der Waals surface area contributed by atoms with Gasteiger partial charge in [-0.15, -0.1) is 0 Å². The van der Waals surface area contributed by atoms with Gasteiger partial charge in [0.25, 0.3) is 5.92 Å². The minimum absolute atomic E-state index is 0.00234. The lowest BCUT2D eigenvalue weighted by molar-refractivity contribution is -0.137. The number of hydrogen-bond acceptors (Lipinski definition) is 12. The number of carbonyl (C=O) groups excluding carboxylic acids is 1. The Hall–Kier alpha value is -6.31. The average Bonchev–Trinajstić information content (AvgIpc) is 3.50. The van der Waals surface area contributed by atoms with Gasteiger partial charge in [0.05, 0.1) is 42.5 Å². The Morgan fingerprint density at radius 2 is 1.54 bits per heavy atom. The number of anilines is 2. The molecule has 5 aromatic rings. The van der Waals surface area contributed by atoms with Gasteiger partial charge in [0.15, 0.2) is 5.82 Å². The molecule has 5 heterocycles. The van der Waals surface area contributed by atoms with Crippen molar-refractivity contribution in [2.45, 2.75) is 109 Å². The Morgan fingerprint density at radius 3 is 2.12 bits per heavy atom. The lowest BCUT2D eigenvalue weighted by Crippen LogP contribution is -2.43. The number of aromatic nitrogens is 3. The molecule has 3 fully saturated rings. The Bertz CT molecular complexity index is 2800. The van der Waals surface area contributed by atoms with Crippen molar-refractivity contribution >= 4 is 28.5 Å². The number of hydrogen-bond donors (Lipinski definition) is 1. The molecule has 72 heavy (non-hydrogen) atoms. The molecule has 386 valence electrons. The number of carbonyl (C=O) groups is 1. The predicted molar refractivity (Wildman–Crippen MR) is 255 cm³/mol. The van der Waals surface area contributed by atoms with Gasteiger partial charge in [0.2, 0.25) is 5.88 Å². The van der Waals surface area contributed by atoms with Crippen molar-refractivity contribution in [3.63, 3.8) is 0 Å². The Kier molecular flexibility index (Phi) is 13.3. The number of pyridine rings is 1. The first-order valence-electron chi connectivity index (χ1n) is 24.0. The van der Waals surface area contributed by atoms with Gasteiger partial charge in [0, 0.05) is 57.7 Å². The zero-order valence-electron chi connectivity index (χ0n) is 41.2. The highest BCUT2D eigenvalue weighted by Gasteiger charge is 2.77. The summed E-state index contributed by atoms with van der Waals surface area (Å²) < 4.78 is 140. The number of methoxy groups -OCH3 is 2. The lowest BCUT2D eigenvalue weighted by Gasteiger charge is -2.31. The van der Waals surface area contributed by atoms with E-state index < -0.39 is 80.4 Å². The zero-order valence-corrected chi connectivity index (χ0v) is 41.2. The minimum Gasteiger partial charge on any atom is -0.497 e. The third-order valence-corrected chi connectivity index (χ3v) is 14.2. The Balaban J connectivity index is 1.20. The molecule has 1 spiro atoms. The summed E-state index contributed by atoms with van der Waals surface area (Å²) in [5, 5.41) is 3.00.